The van der Waals surface area contributed by atoms with Crippen LogP contribution in [0.3, 0.4) is 0 Å². The summed E-state index contributed by atoms with van der Waals surface area (Å²) >= 11 is 5.83. The molecule has 1 aliphatic heterocycles. The lowest BCUT2D eigenvalue weighted by atomic mass is 10.1. The van der Waals surface area contributed by atoms with E-state index in [0.717, 1.165) is 30.4 Å². The number of aromatic nitrogens is 1. The molecule has 1 saturated heterocycles. The summed E-state index contributed by atoms with van der Waals surface area (Å²) in [7, 11) is 0. The number of pyridine rings is 1. The fourth-order valence-electron chi connectivity index (χ4n) is 1.50. The Bertz CT molecular complexity index is 297. The lowest BCUT2D eigenvalue weighted by molar-refractivity contribution is 0.140. The first-order valence-electron chi connectivity index (χ1n) is 4.32. The van der Waals surface area contributed by atoms with Gasteiger partial charge in [0.2, 0.25) is 0 Å². The number of hydrogen-bond donors (Lipinski definition) is 1. The second kappa shape index (κ2) is 3.62. The summed E-state index contributed by atoms with van der Waals surface area (Å²) in [5.41, 5.74) is 6.68. The number of likely N-dealkylation sites (tertiary alicyclic amines) is 1. The number of nitrogens with zero attached hydrogens (tertiary/aromatic N) is 2. The van der Waals surface area contributed by atoms with E-state index in [0.29, 0.717) is 6.04 Å². The molecule has 3 nitrogen and oxygen atoms in total. The van der Waals surface area contributed by atoms with Crippen molar-refractivity contribution < 1.29 is 0 Å². The number of halogens is 1. The van der Waals surface area contributed by atoms with Crippen molar-refractivity contribution in [2.24, 2.45) is 5.73 Å². The van der Waals surface area contributed by atoms with Gasteiger partial charge in [-0.3, -0.25) is 9.88 Å². The third-order valence-corrected chi connectivity index (χ3v) is 2.38. The molecule has 0 bridgehead atoms. The molecule has 0 unspecified atom stereocenters. The third kappa shape index (κ3) is 2.18. The molecule has 1 aromatic heterocycles. The maximum atomic E-state index is 5.83. The predicted octanol–water partition coefficient (Wildman–Crippen LogP) is 0.878. The van der Waals surface area contributed by atoms with Gasteiger partial charge < -0.3 is 5.73 Å². The van der Waals surface area contributed by atoms with Gasteiger partial charge in [-0.2, -0.15) is 0 Å². The van der Waals surface area contributed by atoms with Crippen LogP contribution in [0.1, 0.15) is 5.69 Å². The maximum absolute atomic E-state index is 5.83. The minimum Gasteiger partial charge on any atom is -0.325 e. The number of nitrogens with two attached hydrogens (primary N) is 1. The van der Waals surface area contributed by atoms with Crippen LogP contribution in [0.5, 0.6) is 0 Å². The van der Waals surface area contributed by atoms with E-state index in [9.17, 15) is 0 Å². The highest BCUT2D eigenvalue weighted by Gasteiger charge is 2.22. The molecule has 70 valence electrons. The van der Waals surface area contributed by atoms with Crippen molar-refractivity contribution >= 4 is 11.6 Å². The molecule has 1 aliphatic rings. The van der Waals surface area contributed by atoms with E-state index in [1.807, 2.05) is 6.07 Å². The van der Waals surface area contributed by atoms with E-state index in [2.05, 4.69) is 9.88 Å². The standard InChI is InChI=1S/C9H12ClN3/c10-7-1-2-12-9(3-7)6-13-4-8(11)5-13/h1-3,8H,4-6,11H2. The zero-order valence-corrected chi connectivity index (χ0v) is 8.04. The zero-order chi connectivity index (χ0) is 9.26. The Morgan fingerprint density at radius 3 is 3.00 bits per heavy atom. The second-order valence-electron chi connectivity index (χ2n) is 3.42. The SMILES string of the molecule is NC1CN(Cc2cc(Cl)ccn2)C1. The van der Waals surface area contributed by atoms with E-state index in [-0.39, 0.29) is 0 Å². The molecule has 4 heteroatoms. The lowest BCUT2D eigenvalue weighted by Gasteiger charge is -2.36. The Morgan fingerprint density at radius 2 is 2.38 bits per heavy atom. The van der Waals surface area contributed by atoms with E-state index < -0.39 is 0 Å². The largest absolute Gasteiger partial charge is 0.325 e. The van der Waals surface area contributed by atoms with Gasteiger partial charge in [0, 0.05) is 36.9 Å². The van der Waals surface area contributed by atoms with E-state index in [1.54, 1.807) is 12.3 Å². The monoisotopic (exact) mass is 197 g/mol. The molecule has 0 aromatic carbocycles. The van der Waals surface area contributed by atoms with Gasteiger partial charge in [-0.05, 0) is 12.1 Å². The topological polar surface area (TPSA) is 42.1 Å². The fourth-order valence-corrected chi connectivity index (χ4v) is 1.69. The highest BCUT2D eigenvalue weighted by atomic mass is 35.5. The molecule has 0 saturated carbocycles. The van der Waals surface area contributed by atoms with Gasteiger partial charge in [0.15, 0.2) is 0 Å². The molecule has 0 atom stereocenters. The van der Waals surface area contributed by atoms with Crippen molar-refractivity contribution in [3.05, 3.63) is 29.0 Å². The first kappa shape index (κ1) is 8.94. The maximum Gasteiger partial charge on any atom is 0.0558 e. The molecule has 2 rings (SSSR count). The molecule has 0 aliphatic carbocycles. The Hall–Kier alpha value is -0.640. The van der Waals surface area contributed by atoms with E-state index in [4.69, 9.17) is 17.3 Å². The molecule has 1 aromatic rings. The van der Waals surface area contributed by atoms with Crippen LogP contribution in [-0.2, 0) is 6.54 Å². The summed E-state index contributed by atoms with van der Waals surface area (Å²) in [5.74, 6) is 0. The number of hydrogen-bond acceptors (Lipinski definition) is 3. The molecular formula is C9H12ClN3. The summed E-state index contributed by atoms with van der Waals surface area (Å²) in [4.78, 5) is 6.47. The fraction of sp³-hybridized carbons (Fsp3) is 0.444. The Morgan fingerprint density at radius 1 is 1.62 bits per heavy atom. The Kier molecular flexibility index (Phi) is 2.49. The molecule has 2 heterocycles. The van der Waals surface area contributed by atoms with Crippen molar-refractivity contribution in [2.75, 3.05) is 13.1 Å². The molecule has 13 heavy (non-hydrogen) atoms. The summed E-state index contributed by atoms with van der Waals surface area (Å²) in [6.45, 7) is 2.79. The molecule has 1 fully saturated rings. The van der Waals surface area contributed by atoms with Crippen LogP contribution in [-0.4, -0.2) is 29.0 Å². The van der Waals surface area contributed by atoms with Gasteiger partial charge in [-0.15, -0.1) is 0 Å². The minimum atomic E-state index is 0.346. The number of rotatable bonds is 2. The minimum absolute atomic E-state index is 0.346. The molecule has 2 N–H and O–H groups in total. The van der Waals surface area contributed by atoms with Gasteiger partial charge in [0.25, 0.3) is 0 Å². The van der Waals surface area contributed by atoms with Crippen molar-refractivity contribution in [3.8, 4) is 0 Å². The average molecular weight is 198 g/mol. The van der Waals surface area contributed by atoms with Crippen LogP contribution in [0.2, 0.25) is 5.02 Å². The Labute approximate surface area is 82.5 Å². The summed E-state index contributed by atoms with van der Waals surface area (Å²) in [6, 6.07) is 4.03. The van der Waals surface area contributed by atoms with Crippen molar-refractivity contribution in [3.63, 3.8) is 0 Å². The van der Waals surface area contributed by atoms with E-state index in [1.165, 1.54) is 0 Å². The van der Waals surface area contributed by atoms with Gasteiger partial charge in [0.1, 0.15) is 0 Å². The first-order chi connectivity index (χ1) is 6.24. The highest BCUT2D eigenvalue weighted by molar-refractivity contribution is 6.30. The lowest BCUT2D eigenvalue weighted by Crippen LogP contribution is -2.54. The van der Waals surface area contributed by atoms with Crippen LogP contribution in [0.25, 0.3) is 0 Å². The van der Waals surface area contributed by atoms with Crippen molar-refractivity contribution in [1.29, 1.82) is 0 Å². The van der Waals surface area contributed by atoms with Crippen LogP contribution in [0, 0.1) is 0 Å². The highest BCUT2D eigenvalue weighted by Crippen LogP contribution is 2.13. The van der Waals surface area contributed by atoms with Crippen LogP contribution in [0.4, 0.5) is 0 Å². The molecular weight excluding hydrogens is 186 g/mol. The smallest absolute Gasteiger partial charge is 0.0558 e. The van der Waals surface area contributed by atoms with Gasteiger partial charge in [-0.1, -0.05) is 11.6 Å². The van der Waals surface area contributed by atoms with Crippen LogP contribution in [0.15, 0.2) is 18.3 Å². The van der Waals surface area contributed by atoms with E-state index >= 15 is 0 Å². The average Bonchev–Trinajstić information content (AvgIpc) is 2.01. The first-order valence-corrected chi connectivity index (χ1v) is 4.70. The Balaban J connectivity index is 1.94. The summed E-state index contributed by atoms with van der Waals surface area (Å²) in [5, 5.41) is 0.745. The van der Waals surface area contributed by atoms with Crippen molar-refractivity contribution in [2.45, 2.75) is 12.6 Å². The molecule has 0 amide bonds. The van der Waals surface area contributed by atoms with Crippen LogP contribution < -0.4 is 5.73 Å². The van der Waals surface area contributed by atoms with Crippen molar-refractivity contribution in [1.82, 2.24) is 9.88 Å². The predicted molar refractivity (Wildman–Crippen MR) is 52.5 cm³/mol. The molecule has 0 radical (unpaired) electrons. The summed E-state index contributed by atoms with van der Waals surface area (Å²) < 4.78 is 0. The second-order valence-corrected chi connectivity index (χ2v) is 3.86. The van der Waals surface area contributed by atoms with Gasteiger partial charge in [-0.25, -0.2) is 0 Å². The molecule has 0 spiro atoms. The van der Waals surface area contributed by atoms with Crippen LogP contribution >= 0.6 is 11.6 Å². The normalized spacial score (nSPS) is 18.6. The van der Waals surface area contributed by atoms with Gasteiger partial charge in [0.05, 0.1) is 5.69 Å². The third-order valence-electron chi connectivity index (χ3n) is 2.15. The summed E-state index contributed by atoms with van der Waals surface area (Å²) in [6.07, 6.45) is 1.73. The quantitative estimate of drug-likeness (QED) is 0.766. The zero-order valence-electron chi connectivity index (χ0n) is 7.28. The van der Waals surface area contributed by atoms with Gasteiger partial charge >= 0.3 is 0 Å².